The SMILES string of the molecule is O=P1(O)N(CCCl)CCCN1CCCl. The third kappa shape index (κ3) is 2.84. The van der Waals surface area contributed by atoms with E-state index in [0.29, 0.717) is 37.9 Å². The molecule has 84 valence electrons. The van der Waals surface area contributed by atoms with Crippen LogP contribution in [0.4, 0.5) is 0 Å². The van der Waals surface area contributed by atoms with Crippen molar-refractivity contribution in [3.05, 3.63) is 0 Å². The molecule has 0 aromatic carbocycles. The van der Waals surface area contributed by atoms with Crippen LogP contribution in [0.5, 0.6) is 0 Å². The Kier molecular flexibility index (Phi) is 5.18. The van der Waals surface area contributed by atoms with Crippen molar-refractivity contribution in [1.29, 1.82) is 0 Å². The first-order valence-corrected chi connectivity index (χ1v) is 7.22. The number of rotatable bonds is 4. The van der Waals surface area contributed by atoms with Crippen LogP contribution in [-0.2, 0) is 4.57 Å². The third-order valence-electron chi connectivity index (χ3n) is 2.25. The van der Waals surface area contributed by atoms with Gasteiger partial charge < -0.3 is 4.89 Å². The minimum absolute atomic E-state index is 0.374. The summed E-state index contributed by atoms with van der Waals surface area (Å²) >= 11 is 11.1. The molecule has 0 amide bonds. The molecule has 0 saturated carbocycles. The maximum Gasteiger partial charge on any atom is 0.343 e. The number of nitrogens with zero attached hydrogens (tertiary/aromatic N) is 2. The fourth-order valence-electron chi connectivity index (χ4n) is 1.55. The average molecular weight is 261 g/mol. The molecule has 1 fully saturated rings. The first-order valence-electron chi connectivity index (χ1n) is 4.58. The normalized spacial score (nSPS) is 23.9. The van der Waals surface area contributed by atoms with Gasteiger partial charge in [0.1, 0.15) is 0 Å². The summed E-state index contributed by atoms with van der Waals surface area (Å²) in [5.74, 6) is 0.749. The lowest BCUT2D eigenvalue weighted by Gasteiger charge is -2.38. The zero-order valence-corrected chi connectivity index (χ0v) is 10.3. The lowest BCUT2D eigenvalue weighted by molar-refractivity contribution is 0.236. The largest absolute Gasteiger partial charge is 0.343 e. The van der Waals surface area contributed by atoms with E-state index in [1.54, 1.807) is 9.34 Å². The van der Waals surface area contributed by atoms with Crippen molar-refractivity contribution in [3.8, 4) is 0 Å². The minimum Gasteiger partial charge on any atom is -0.322 e. The van der Waals surface area contributed by atoms with Crippen molar-refractivity contribution in [3.63, 3.8) is 0 Å². The van der Waals surface area contributed by atoms with E-state index in [0.717, 1.165) is 6.42 Å². The Bertz CT molecular complexity index is 208. The summed E-state index contributed by atoms with van der Waals surface area (Å²) < 4.78 is 15.1. The Balaban J connectivity index is 2.66. The monoisotopic (exact) mass is 260 g/mol. The smallest absolute Gasteiger partial charge is 0.322 e. The number of hydrogen-bond acceptors (Lipinski definition) is 1. The average Bonchev–Trinajstić information content (AvgIpc) is 2.13. The summed E-state index contributed by atoms with van der Waals surface area (Å²) in [4.78, 5) is 9.85. The van der Waals surface area contributed by atoms with E-state index in [2.05, 4.69) is 0 Å². The highest BCUT2D eigenvalue weighted by Gasteiger charge is 2.37. The highest BCUT2D eigenvalue weighted by atomic mass is 35.5. The molecule has 0 unspecified atom stereocenters. The van der Waals surface area contributed by atoms with Gasteiger partial charge >= 0.3 is 7.67 Å². The van der Waals surface area contributed by atoms with Crippen molar-refractivity contribution in [1.82, 2.24) is 9.34 Å². The van der Waals surface area contributed by atoms with Gasteiger partial charge in [-0.1, -0.05) is 0 Å². The maximum absolute atomic E-state index is 12.0. The molecule has 0 aliphatic carbocycles. The van der Waals surface area contributed by atoms with Crippen LogP contribution in [0, 0.1) is 0 Å². The molecule has 1 saturated heterocycles. The standard InChI is InChI=1S/C7H15Cl2N2O2P/c8-2-6-10-4-1-5-11(7-3-9)14(10,12)13/h1-7H2,(H,12,13). The molecule has 0 bridgehead atoms. The second-order valence-corrected chi connectivity index (χ2v) is 6.07. The van der Waals surface area contributed by atoms with Gasteiger partial charge in [0.25, 0.3) is 0 Å². The maximum atomic E-state index is 12.0. The van der Waals surface area contributed by atoms with Crippen molar-refractivity contribution >= 4 is 30.9 Å². The van der Waals surface area contributed by atoms with Gasteiger partial charge in [-0.15, -0.1) is 23.2 Å². The summed E-state index contributed by atoms with van der Waals surface area (Å²) in [7, 11) is -3.34. The molecule has 14 heavy (non-hydrogen) atoms. The fourth-order valence-corrected chi connectivity index (χ4v) is 4.08. The molecule has 1 aliphatic rings. The molecule has 1 N–H and O–H groups in total. The summed E-state index contributed by atoms with van der Waals surface area (Å²) in [6.07, 6.45) is 0.887. The molecule has 1 rings (SSSR count). The van der Waals surface area contributed by atoms with Gasteiger partial charge in [0.15, 0.2) is 0 Å². The first kappa shape index (κ1) is 12.8. The topological polar surface area (TPSA) is 43.8 Å². The predicted molar refractivity (Wildman–Crippen MR) is 59.0 cm³/mol. The lowest BCUT2D eigenvalue weighted by Crippen LogP contribution is -2.40. The van der Waals surface area contributed by atoms with Gasteiger partial charge in [0, 0.05) is 37.9 Å². The van der Waals surface area contributed by atoms with Gasteiger partial charge in [-0.3, -0.25) is 4.57 Å². The quantitative estimate of drug-likeness (QED) is 0.616. The van der Waals surface area contributed by atoms with E-state index in [1.807, 2.05) is 0 Å². The third-order valence-corrected chi connectivity index (χ3v) is 4.87. The molecular formula is C7H15Cl2N2O2P. The molecule has 1 heterocycles. The molecule has 0 radical (unpaired) electrons. The fraction of sp³-hybridized carbons (Fsp3) is 1.00. The molecule has 0 aromatic rings. The first-order chi connectivity index (χ1) is 6.62. The molecule has 4 nitrogen and oxygen atoms in total. The summed E-state index contributed by atoms with van der Waals surface area (Å²) in [6, 6.07) is 0. The Morgan fingerprint density at radius 1 is 1.14 bits per heavy atom. The van der Waals surface area contributed by atoms with Crippen LogP contribution >= 0.6 is 30.9 Å². The van der Waals surface area contributed by atoms with Gasteiger partial charge in [0.2, 0.25) is 0 Å². The summed E-state index contributed by atoms with van der Waals surface area (Å²) in [5.41, 5.74) is 0. The van der Waals surface area contributed by atoms with Crippen molar-refractivity contribution in [2.24, 2.45) is 0 Å². The van der Waals surface area contributed by atoms with Crippen LogP contribution in [0.2, 0.25) is 0 Å². The van der Waals surface area contributed by atoms with E-state index < -0.39 is 7.67 Å². The molecular weight excluding hydrogens is 246 g/mol. The minimum atomic E-state index is -3.34. The molecule has 0 atom stereocenters. The van der Waals surface area contributed by atoms with E-state index in [9.17, 15) is 9.46 Å². The highest BCUT2D eigenvalue weighted by Crippen LogP contribution is 2.51. The van der Waals surface area contributed by atoms with E-state index in [-0.39, 0.29) is 0 Å². The highest BCUT2D eigenvalue weighted by molar-refractivity contribution is 7.53. The Labute approximate surface area is 94.3 Å². The van der Waals surface area contributed by atoms with Crippen LogP contribution in [-0.4, -0.2) is 52.2 Å². The van der Waals surface area contributed by atoms with E-state index >= 15 is 0 Å². The van der Waals surface area contributed by atoms with Gasteiger partial charge in [-0.05, 0) is 6.42 Å². The van der Waals surface area contributed by atoms with Crippen LogP contribution in [0.15, 0.2) is 0 Å². The molecule has 7 heteroatoms. The zero-order chi connectivity index (χ0) is 10.6. The number of alkyl halides is 2. The molecule has 0 spiro atoms. The number of halogens is 2. The second-order valence-electron chi connectivity index (χ2n) is 3.15. The molecule has 1 aliphatic heterocycles. The zero-order valence-electron chi connectivity index (χ0n) is 7.90. The van der Waals surface area contributed by atoms with Crippen LogP contribution in [0.25, 0.3) is 0 Å². The van der Waals surface area contributed by atoms with Crippen LogP contribution in [0.1, 0.15) is 6.42 Å². The summed E-state index contributed by atoms with van der Waals surface area (Å²) in [6.45, 7) is 2.18. The lowest BCUT2D eigenvalue weighted by atomic mass is 10.4. The van der Waals surface area contributed by atoms with Crippen LogP contribution < -0.4 is 0 Å². The van der Waals surface area contributed by atoms with E-state index in [4.69, 9.17) is 23.2 Å². The van der Waals surface area contributed by atoms with Crippen molar-refractivity contribution in [2.45, 2.75) is 6.42 Å². The van der Waals surface area contributed by atoms with Gasteiger partial charge in [0.05, 0.1) is 0 Å². The van der Waals surface area contributed by atoms with Gasteiger partial charge in [-0.25, -0.2) is 9.34 Å². The molecule has 0 aromatic heterocycles. The van der Waals surface area contributed by atoms with E-state index in [1.165, 1.54) is 0 Å². The Morgan fingerprint density at radius 2 is 1.57 bits per heavy atom. The van der Waals surface area contributed by atoms with Crippen LogP contribution in [0.3, 0.4) is 0 Å². The predicted octanol–water partition coefficient (Wildman–Crippen LogP) is 1.57. The Hall–Kier alpha value is 0.690. The van der Waals surface area contributed by atoms with Crippen molar-refractivity contribution in [2.75, 3.05) is 37.9 Å². The second kappa shape index (κ2) is 5.69. The van der Waals surface area contributed by atoms with Gasteiger partial charge in [-0.2, -0.15) is 0 Å². The number of hydrogen-bond donors (Lipinski definition) is 1. The summed E-state index contributed by atoms with van der Waals surface area (Å²) in [5, 5.41) is 0. The Morgan fingerprint density at radius 3 is 1.93 bits per heavy atom. The van der Waals surface area contributed by atoms with Crippen molar-refractivity contribution < 1.29 is 9.46 Å².